The Bertz CT molecular complexity index is 787. The Morgan fingerprint density at radius 1 is 1.15 bits per heavy atom. The molecule has 144 valence electrons. The van der Waals surface area contributed by atoms with Crippen molar-refractivity contribution >= 4 is 11.6 Å². The number of guanidine groups is 1. The highest BCUT2D eigenvalue weighted by molar-refractivity contribution is 5.80. The number of aliphatic imine (C=N–C) groups is 1. The number of benzene rings is 2. The van der Waals surface area contributed by atoms with E-state index in [4.69, 9.17) is 4.74 Å². The van der Waals surface area contributed by atoms with Crippen LogP contribution >= 0.6 is 0 Å². The summed E-state index contributed by atoms with van der Waals surface area (Å²) in [6.45, 7) is 3.91. The van der Waals surface area contributed by atoms with Gasteiger partial charge in [-0.2, -0.15) is 0 Å². The molecule has 2 aromatic carbocycles. The average Bonchev–Trinajstić information content (AvgIpc) is 2.71. The minimum Gasteiger partial charge on any atom is -0.505 e. The molecule has 3 rings (SSSR count). The number of piperazine rings is 1. The number of ether oxygens (including phenoxy) is 1. The lowest BCUT2D eigenvalue weighted by Gasteiger charge is -2.37. The van der Waals surface area contributed by atoms with Gasteiger partial charge in [-0.3, -0.25) is 4.99 Å². The lowest BCUT2D eigenvalue weighted by atomic mass is 10.2. The van der Waals surface area contributed by atoms with Gasteiger partial charge in [-0.25, -0.2) is 4.39 Å². The van der Waals surface area contributed by atoms with Crippen LogP contribution in [-0.4, -0.2) is 56.3 Å². The molecule has 0 amide bonds. The van der Waals surface area contributed by atoms with Gasteiger partial charge in [0, 0.05) is 45.5 Å². The first kappa shape index (κ1) is 18.8. The van der Waals surface area contributed by atoms with E-state index in [1.165, 1.54) is 17.8 Å². The number of phenols is 1. The van der Waals surface area contributed by atoms with Gasteiger partial charge in [0.2, 0.25) is 0 Å². The van der Waals surface area contributed by atoms with Crippen molar-refractivity contribution in [3.8, 4) is 11.5 Å². The van der Waals surface area contributed by atoms with E-state index in [1.807, 2.05) is 12.1 Å². The number of anilines is 1. The second-order valence-corrected chi connectivity index (χ2v) is 6.36. The van der Waals surface area contributed by atoms with Crippen LogP contribution in [0.3, 0.4) is 0 Å². The highest BCUT2D eigenvalue weighted by Gasteiger charge is 2.20. The second kappa shape index (κ2) is 8.62. The average molecular weight is 372 g/mol. The number of aromatic hydroxyl groups is 1. The van der Waals surface area contributed by atoms with Gasteiger partial charge in [0.15, 0.2) is 17.5 Å². The fraction of sp³-hybridized carbons (Fsp3) is 0.350. The molecule has 0 radical (unpaired) electrons. The van der Waals surface area contributed by atoms with Gasteiger partial charge in [0.05, 0.1) is 7.11 Å². The molecule has 0 aromatic heterocycles. The lowest BCUT2D eigenvalue weighted by molar-refractivity contribution is 0.372. The van der Waals surface area contributed by atoms with Crippen LogP contribution in [0.4, 0.5) is 10.1 Å². The summed E-state index contributed by atoms with van der Waals surface area (Å²) in [6.07, 6.45) is 0. The van der Waals surface area contributed by atoms with Crippen molar-refractivity contribution in [2.45, 2.75) is 6.54 Å². The van der Waals surface area contributed by atoms with Crippen molar-refractivity contribution in [3.63, 3.8) is 0 Å². The molecule has 6 nitrogen and oxygen atoms in total. The Labute approximate surface area is 158 Å². The smallest absolute Gasteiger partial charge is 0.194 e. The molecule has 7 heteroatoms. The number of nitrogens with zero attached hydrogens (tertiary/aromatic N) is 3. The Morgan fingerprint density at radius 3 is 2.44 bits per heavy atom. The van der Waals surface area contributed by atoms with E-state index in [9.17, 15) is 9.50 Å². The summed E-state index contributed by atoms with van der Waals surface area (Å²) in [5.74, 6) is 0.695. The van der Waals surface area contributed by atoms with E-state index in [2.05, 4.69) is 32.2 Å². The predicted octanol–water partition coefficient (Wildman–Crippen LogP) is 2.44. The van der Waals surface area contributed by atoms with Crippen molar-refractivity contribution in [1.29, 1.82) is 0 Å². The fourth-order valence-corrected chi connectivity index (χ4v) is 3.14. The maximum absolute atomic E-state index is 13.5. The van der Waals surface area contributed by atoms with Crippen LogP contribution in [-0.2, 0) is 6.54 Å². The summed E-state index contributed by atoms with van der Waals surface area (Å²) in [6, 6.07) is 12.5. The Hall–Kier alpha value is -2.96. The molecule has 27 heavy (non-hydrogen) atoms. The molecule has 0 aliphatic carbocycles. The molecule has 0 unspecified atom stereocenters. The van der Waals surface area contributed by atoms with Crippen LogP contribution in [0.5, 0.6) is 11.5 Å². The third kappa shape index (κ3) is 4.61. The zero-order valence-electron chi connectivity index (χ0n) is 15.7. The van der Waals surface area contributed by atoms with Crippen molar-refractivity contribution < 1.29 is 14.2 Å². The van der Waals surface area contributed by atoms with Crippen LogP contribution in [0.1, 0.15) is 5.56 Å². The lowest BCUT2D eigenvalue weighted by Crippen LogP contribution is -2.52. The molecule has 1 fully saturated rings. The quantitative estimate of drug-likeness (QED) is 0.638. The Morgan fingerprint density at radius 2 is 1.85 bits per heavy atom. The van der Waals surface area contributed by atoms with Gasteiger partial charge in [-0.15, -0.1) is 0 Å². The summed E-state index contributed by atoms with van der Waals surface area (Å²) in [4.78, 5) is 8.86. The van der Waals surface area contributed by atoms with E-state index in [0.29, 0.717) is 6.54 Å². The molecular formula is C20H25FN4O2. The molecule has 0 spiro atoms. The van der Waals surface area contributed by atoms with E-state index in [1.54, 1.807) is 20.2 Å². The van der Waals surface area contributed by atoms with Gasteiger partial charge < -0.3 is 25.0 Å². The van der Waals surface area contributed by atoms with E-state index in [-0.39, 0.29) is 5.75 Å². The van der Waals surface area contributed by atoms with E-state index in [0.717, 1.165) is 43.5 Å². The number of methoxy groups -OCH3 is 1. The van der Waals surface area contributed by atoms with Gasteiger partial charge in [0.25, 0.3) is 0 Å². The fourth-order valence-electron chi connectivity index (χ4n) is 3.14. The minimum absolute atomic E-state index is 0.335. The highest BCUT2D eigenvalue weighted by Crippen LogP contribution is 2.20. The number of rotatable bonds is 4. The summed E-state index contributed by atoms with van der Waals surface area (Å²) in [7, 11) is 3.41. The summed E-state index contributed by atoms with van der Waals surface area (Å²) in [5, 5.41) is 12.5. The van der Waals surface area contributed by atoms with E-state index >= 15 is 0 Å². The van der Waals surface area contributed by atoms with Gasteiger partial charge in [-0.1, -0.05) is 6.07 Å². The van der Waals surface area contributed by atoms with Gasteiger partial charge in [-0.05, 0) is 42.0 Å². The number of phenolic OH excluding ortho intramolecular Hbond substituents is 1. The first-order chi connectivity index (χ1) is 13.1. The van der Waals surface area contributed by atoms with Crippen molar-refractivity contribution in [2.75, 3.05) is 45.2 Å². The number of halogens is 1. The zero-order chi connectivity index (χ0) is 19.2. The van der Waals surface area contributed by atoms with E-state index < -0.39 is 5.82 Å². The Kier molecular flexibility index (Phi) is 6.01. The monoisotopic (exact) mass is 372 g/mol. The highest BCUT2D eigenvalue weighted by atomic mass is 19.1. The Balaban J connectivity index is 1.54. The van der Waals surface area contributed by atoms with Crippen molar-refractivity contribution in [3.05, 3.63) is 53.8 Å². The summed E-state index contributed by atoms with van der Waals surface area (Å²) >= 11 is 0. The maximum Gasteiger partial charge on any atom is 0.194 e. The molecule has 2 aromatic rings. The van der Waals surface area contributed by atoms with Crippen LogP contribution in [0.2, 0.25) is 0 Å². The molecule has 0 bridgehead atoms. The molecule has 1 aliphatic heterocycles. The largest absolute Gasteiger partial charge is 0.505 e. The maximum atomic E-state index is 13.5. The molecular weight excluding hydrogens is 347 g/mol. The first-order valence-electron chi connectivity index (χ1n) is 8.92. The van der Waals surface area contributed by atoms with Crippen LogP contribution in [0, 0.1) is 5.82 Å². The molecule has 2 N–H and O–H groups in total. The van der Waals surface area contributed by atoms with Crippen LogP contribution < -0.4 is 15.0 Å². The summed E-state index contributed by atoms with van der Waals surface area (Å²) in [5.41, 5.74) is 1.93. The number of nitrogens with one attached hydrogen (secondary N) is 1. The number of hydrogen-bond acceptors (Lipinski definition) is 4. The summed E-state index contributed by atoms with van der Waals surface area (Å²) < 4.78 is 18.7. The second-order valence-electron chi connectivity index (χ2n) is 6.36. The van der Waals surface area contributed by atoms with Gasteiger partial charge in [0.1, 0.15) is 5.75 Å². The molecule has 0 atom stereocenters. The standard InChI is InChI=1S/C20H25FN4O2/c1-22-20(23-14-15-3-8-19(26)18(21)13-15)25-11-9-24(10-12-25)16-4-6-17(27-2)7-5-16/h3-8,13,26H,9-12,14H2,1-2H3,(H,22,23). The molecule has 0 saturated carbocycles. The molecule has 1 saturated heterocycles. The van der Waals surface area contributed by atoms with Crippen LogP contribution in [0.25, 0.3) is 0 Å². The number of hydrogen-bond donors (Lipinski definition) is 2. The first-order valence-corrected chi connectivity index (χ1v) is 8.92. The normalized spacial score (nSPS) is 15.0. The van der Waals surface area contributed by atoms with Crippen molar-refractivity contribution in [1.82, 2.24) is 10.2 Å². The third-order valence-electron chi connectivity index (χ3n) is 4.69. The van der Waals surface area contributed by atoms with Crippen molar-refractivity contribution in [2.24, 2.45) is 4.99 Å². The van der Waals surface area contributed by atoms with Crippen LogP contribution in [0.15, 0.2) is 47.5 Å². The SMILES string of the molecule is CN=C(NCc1ccc(O)c(F)c1)N1CCN(c2ccc(OC)cc2)CC1. The molecule has 1 aliphatic rings. The molecule has 1 heterocycles. The zero-order valence-corrected chi connectivity index (χ0v) is 15.7. The van der Waals surface area contributed by atoms with Gasteiger partial charge >= 0.3 is 0 Å². The topological polar surface area (TPSA) is 60.3 Å². The predicted molar refractivity (Wildman–Crippen MR) is 105 cm³/mol. The third-order valence-corrected chi connectivity index (χ3v) is 4.69. The minimum atomic E-state index is -0.614.